The summed E-state index contributed by atoms with van der Waals surface area (Å²) in [6.45, 7) is 2.11. The Labute approximate surface area is 141 Å². The first-order valence-corrected chi connectivity index (χ1v) is 9.24. The molecule has 0 saturated carbocycles. The van der Waals surface area contributed by atoms with Gasteiger partial charge in [-0.1, -0.05) is 29.8 Å². The van der Waals surface area contributed by atoms with E-state index in [0.29, 0.717) is 5.76 Å². The van der Waals surface area contributed by atoms with E-state index in [-0.39, 0.29) is 18.3 Å². The number of aryl methyl sites for hydroxylation is 1. The molecule has 126 valence electrons. The molecule has 0 spiro atoms. The van der Waals surface area contributed by atoms with Gasteiger partial charge in [-0.3, -0.25) is 4.68 Å². The fraction of sp³-hybridized carbons (Fsp3) is 0.235. The van der Waals surface area contributed by atoms with Crippen molar-refractivity contribution in [2.24, 2.45) is 0 Å². The molecule has 0 unspecified atom stereocenters. The van der Waals surface area contributed by atoms with E-state index in [0.717, 1.165) is 11.1 Å². The predicted octanol–water partition coefficient (Wildman–Crippen LogP) is 2.49. The van der Waals surface area contributed by atoms with Crippen molar-refractivity contribution in [1.82, 2.24) is 14.5 Å². The minimum absolute atomic E-state index is 0.0569. The SMILES string of the molecule is Cc1cccc(CS(=O)(=O)NC[C@@H](c2ccco2)n2cccn2)c1. The minimum atomic E-state index is -3.46. The molecule has 1 N–H and O–H groups in total. The van der Waals surface area contributed by atoms with Crippen molar-refractivity contribution in [2.75, 3.05) is 6.54 Å². The van der Waals surface area contributed by atoms with E-state index in [1.54, 1.807) is 41.5 Å². The Kier molecular flexibility index (Phi) is 4.82. The molecule has 0 bridgehead atoms. The van der Waals surface area contributed by atoms with Crippen LogP contribution in [-0.2, 0) is 15.8 Å². The number of hydrogen-bond donors (Lipinski definition) is 1. The normalized spacial score (nSPS) is 13.0. The molecule has 2 heterocycles. The molecule has 6 nitrogen and oxygen atoms in total. The maximum Gasteiger partial charge on any atom is 0.215 e. The van der Waals surface area contributed by atoms with Gasteiger partial charge in [0.1, 0.15) is 11.8 Å². The number of nitrogens with one attached hydrogen (secondary N) is 1. The Morgan fingerprint density at radius 3 is 2.79 bits per heavy atom. The average Bonchev–Trinajstić information content (AvgIpc) is 3.20. The molecule has 7 heteroatoms. The van der Waals surface area contributed by atoms with E-state index in [1.165, 1.54) is 0 Å². The predicted molar refractivity (Wildman–Crippen MR) is 90.9 cm³/mol. The number of aromatic nitrogens is 2. The second kappa shape index (κ2) is 7.02. The van der Waals surface area contributed by atoms with Crippen LogP contribution in [0.4, 0.5) is 0 Å². The Hall–Kier alpha value is -2.38. The summed E-state index contributed by atoms with van der Waals surface area (Å²) in [5.41, 5.74) is 1.80. The number of hydrogen-bond acceptors (Lipinski definition) is 4. The first kappa shape index (κ1) is 16.5. The molecule has 3 aromatic rings. The average molecular weight is 345 g/mol. The highest BCUT2D eigenvalue weighted by Gasteiger charge is 2.20. The zero-order chi connectivity index (χ0) is 17.0. The fourth-order valence-electron chi connectivity index (χ4n) is 2.55. The summed E-state index contributed by atoms with van der Waals surface area (Å²) in [4.78, 5) is 0. The highest BCUT2D eigenvalue weighted by molar-refractivity contribution is 7.88. The van der Waals surface area contributed by atoms with Crippen LogP contribution in [0.3, 0.4) is 0 Å². The van der Waals surface area contributed by atoms with Gasteiger partial charge in [-0.25, -0.2) is 13.1 Å². The van der Waals surface area contributed by atoms with Gasteiger partial charge in [-0.05, 0) is 30.7 Å². The van der Waals surface area contributed by atoms with Gasteiger partial charge in [-0.15, -0.1) is 0 Å². The Morgan fingerprint density at radius 2 is 2.12 bits per heavy atom. The summed E-state index contributed by atoms with van der Waals surface area (Å²) in [5.74, 6) is 0.593. The van der Waals surface area contributed by atoms with Crippen LogP contribution in [0.15, 0.2) is 65.5 Å². The lowest BCUT2D eigenvalue weighted by molar-refractivity contribution is 0.402. The molecule has 2 aromatic heterocycles. The maximum absolute atomic E-state index is 12.4. The highest BCUT2D eigenvalue weighted by atomic mass is 32.2. The number of sulfonamides is 1. The molecular formula is C17H19N3O3S. The summed E-state index contributed by atoms with van der Waals surface area (Å²) in [7, 11) is -3.46. The number of nitrogens with zero attached hydrogens (tertiary/aromatic N) is 2. The van der Waals surface area contributed by atoms with Gasteiger partial charge in [-0.2, -0.15) is 5.10 Å². The zero-order valence-corrected chi connectivity index (χ0v) is 14.1. The van der Waals surface area contributed by atoms with E-state index in [1.807, 2.05) is 31.2 Å². The quantitative estimate of drug-likeness (QED) is 0.714. The third-order valence-corrected chi connectivity index (χ3v) is 4.97. The Morgan fingerprint density at radius 1 is 1.25 bits per heavy atom. The topological polar surface area (TPSA) is 77.1 Å². The van der Waals surface area contributed by atoms with E-state index >= 15 is 0 Å². The van der Waals surface area contributed by atoms with Crippen LogP contribution in [0, 0.1) is 6.92 Å². The lowest BCUT2D eigenvalue weighted by atomic mass is 10.2. The van der Waals surface area contributed by atoms with E-state index in [4.69, 9.17) is 4.42 Å². The van der Waals surface area contributed by atoms with Gasteiger partial charge in [0.15, 0.2) is 0 Å². The van der Waals surface area contributed by atoms with Gasteiger partial charge >= 0.3 is 0 Å². The molecule has 0 aliphatic carbocycles. The molecule has 3 rings (SSSR count). The number of furan rings is 1. The second-order valence-electron chi connectivity index (χ2n) is 5.61. The first-order valence-electron chi connectivity index (χ1n) is 7.59. The van der Waals surface area contributed by atoms with Gasteiger partial charge in [0.2, 0.25) is 10.0 Å². The summed E-state index contributed by atoms with van der Waals surface area (Å²) >= 11 is 0. The molecule has 24 heavy (non-hydrogen) atoms. The maximum atomic E-state index is 12.4. The molecule has 0 saturated heterocycles. The zero-order valence-electron chi connectivity index (χ0n) is 13.3. The molecule has 0 aliphatic rings. The van der Waals surface area contributed by atoms with Crippen molar-refractivity contribution in [2.45, 2.75) is 18.7 Å². The molecule has 0 fully saturated rings. The van der Waals surface area contributed by atoms with E-state index in [2.05, 4.69) is 9.82 Å². The molecule has 1 aromatic carbocycles. The second-order valence-corrected chi connectivity index (χ2v) is 7.42. The van der Waals surface area contributed by atoms with Gasteiger partial charge < -0.3 is 4.42 Å². The van der Waals surface area contributed by atoms with Crippen LogP contribution in [0.25, 0.3) is 0 Å². The smallest absolute Gasteiger partial charge is 0.215 e. The van der Waals surface area contributed by atoms with Crippen LogP contribution in [-0.4, -0.2) is 24.7 Å². The van der Waals surface area contributed by atoms with Crippen molar-refractivity contribution >= 4 is 10.0 Å². The standard InChI is InChI=1S/C17H19N3O3S/c1-14-5-2-6-15(11-14)13-24(21,22)19-12-16(17-7-3-10-23-17)20-9-4-8-18-20/h2-11,16,19H,12-13H2,1H3/t16-/m0/s1. The first-order chi connectivity index (χ1) is 11.5. The van der Waals surface area contributed by atoms with Crippen molar-refractivity contribution in [3.8, 4) is 0 Å². The molecule has 0 aliphatic heterocycles. The Balaban J connectivity index is 1.72. The van der Waals surface area contributed by atoms with E-state index < -0.39 is 10.0 Å². The minimum Gasteiger partial charge on any atom is -0.467 e. The Bertz CT molecular complexity index is 837. The van der Waals surface area contributed by atoms with Crippen LogP contribution < -0.4 is 4.72 Å². The van der Waals surface area contributed by atoms with Crippen LogP contribution >= 0.6 is 0 Å². The fourth-order valence-corrected chi connectivity index (χ4v) is 3.68. The monoisotopic (exact) mass is 345 g/mol. The lowest BCUT2D eigenvalue weighted by Crippen LogP contribution is -2.32. The highest BCUT2D eigenvalue weighted by Crippen LogP contribution is 2.18. The van der Waals surface area contributed by atoms with Crippen molar-refractivity contribution in [1.29, 1.82) is 0 Å². The number of rotatable bonds is 7. The van der Waals surface area contributed by atoms with Gasteiger partial charge in [0.25, 0.3) is 0 Å². The lowest BCUT2D eigenvalue weighted by Gasteiger charge is -2.16. The summed E-state index contributed by atoms with van der Waals surface area (Å²) < 4.78 is 34.5. The summed E-state index contributed by atoms with van der Waals surface area (Å²) in [5, 5.41) is 4.19. The summed E-state index contributed by atoms with van der Waals surface area (Å²) in [6.07, 6.45) is 4.99. The van der Waals surface area contributed by atoms with Crippen LogP contribution in [0.5, 0.6) is 0 Å². The summed E-state index contributed by atoms with van der Waals surface area (Å²) in [6, 6.07) is 12.5. The molecule has 0 radical (unpaired) electrons. The number of benzene rings is 1. The van der Waals surface area contributed by atoms with Crippen LogP contribution in [0.2, 0.25) is 0 Å². The van der Waals surface area contributed by atoms with Crippen molar-refractivity contribution < 1.29 is 12.8 Å². The largest absolute Gasteiger partial charge is 0.467 e. The van der Waals surface area contributed by atoms with E-state index in [9.17, 15) is 8.42 Å². The van der Waals surface area contributed by atoms with Crippen molar-refractivity contribution in [3.63, 3.8) is 0 Å². The van der Waals surface area contributed by atoms with Gasteiger partial charge in [0.05, 0.1) is 12.0 Å². The van der Waals surface area contributed by atoms with Gasteiger partial charge in [0, 0.05) is 18.9 Å². The van der Waals surface area contributed by atoms with Crippen LogP contribution in [0.1, 0.15) is 22.9 Å². The third kappa shape index (κ3) is 4.12. The van der Waals surface area contributed by atoms with Crippen molar-refractivity contribution in [3.05, 3.63) is 78.0 Å². The third-order valence-electron chi connectivity index (χ3n) is 3.65. The molecule has 1 atom stereocenters. The molecule has 0 amide bonds. The molecular weight excluding hydrogens is 326 g/mol.